The van der Waals surface area contributed by atoms with Crippen LogP contribution in [-0.2, 0) is 0 Å². The third-order valence-electron chi connectivity index (χ3n) is 3.25. The Morgan fingerprint density at radius 3 is 2.12 bits per heavy atom. The number of benzene rings is 3. The quantitative estimate of drug-likeness (QED) is 0.493. The highest BCUT2D eigenvalue weighted by Crippen LogP contribution is 2.26. The van der Waals surface area contributed by atoms with Crippen molar-refractivity contribution in [2.45, 2.75) is 0 Å². The van der Waals surface area contributed by atoms with Crippen molar-refractivity contribution in [1.82, 2.24) is 0 Å². The number of para-hydroxylation sites is 1. The topological polar surface area (TPSA) is 33.3 Å². The summed E-state index contributed by atoms with van der Waals surface area (Å²) in [6.45, 7) is 0. The first-order valence-corrected chi connectivity index (χ1v) is 8.62. The van der Waals surface area contributed by atoms with Gasteiger partial charge < -0.3 is 15.4 Å². The van der Waals surface area contributed by atoms with Gasteiger partial charge in [-0.05, 0) is 54.7 Å². The third-order valence-corrected chi connectivity index (χ3v) is 4.19. The Labute approximate surface area is 161 Å². The molecular formula is C19H14Cl2N2OS. The molecule has 0 saturated carbocycles. The third kappa shape index (κ3) is 5.10. The van der Waals surface area contributed by atoms with E-state index in [2.05, 4.69) is 10.6 Å². The number of thiocarbonyl (C=S) groups is 1. The first-order valence-electron chi connectivity index (χ1n) is 7.46. The number of anilines is 2. The summed E-state index contributed by atoms with van der Waals surface area (Å²) in [5.41, 5.74) is 1.56. The van der Waals surface area contributed by atoms with Crippen molar-refractivity contribution in [3.05, 3.63) is 82.8 Å². The Morgan fingerprint density at radius 2 is 1.40 bits per heavy atom. The number of nitrogens with one attached hydrogen (secondary N) is 2. The van der Waals surface area contributed by atoms with Gasteiger partial charge in [-0.3, -0.25) is 0 Å². The largest absolute Gasteiger partial charge is 0.457 e. The highest BCUT2D eigenvalue weighted by molar-refractivity contribution is 7.80. The molecule has 0 unspecified atom stereocenters. The van der Waals surface area contributed by atoms with E-state index in [0.717, 1.165) is 17.1 Å². The average Bonchev–Trinajstić information content (AvgIpc) is 2.59. The summed E-state index contributed by atoms with van der Waals surface area (Å²) in [6.07, 6.45) is 0. The highest BCUT2D eigenvalue weighted by atomic mass is 35.5. The second-order valence-electron chi connectivity index (χ2n) is 5.15. The molecule has 25 heavy (non-hydrogen) atoms. The molecule has 3 aromatic rings. The predicted octanol–water partition coefficient (Wildman–Crippen LogP) is 6.59. The van der Waals surface area contributed by atoms with E-state index in [1.54, 1.807) is 18.2 Å². The van der Waals surface area contributed by atoms with Gasteiger partial charge >= 0.3 is 0 Å². The van der Waals surface area contributed by atoms with Gasteiger partial charge in [0.05, 0.1) is 10.0 Å². The van der Waals surface area contributed by atoms with Crippen LogP contribution in [0.3, 0.4) is 0 Å². The van der Waals surface area contributed by atoms with Gasteiger partial charge in [0.15, 0.2) is 5.11 Å². The van der Waals surface area contributed by atoms with Crippen LogP contribution in [-0.4, -0.2) is 5.11 Å². The Kier molecular flexibility index (Phi) is 5.76. The number of hydrogen-bond donors (Lipinski definition) is 2. The zero-order valence-electron chi connectivity index (χ0n) is 13.0. The van der Waals surface area contributed by atoms with Gasteiger partial charge in [-0.25, -0.2) is 0 Å². The summed E-state index contributed by atoms with van der Waals surface area (Å²) >= 11 is 17.2. The van der Waals surface area contributed by atoms with Crippen LogP contribution in [0.15, 0.2) is 72.8 Å². The molecule has 0 amide bonds. The molecular weight excluding hydrogens is 375 g/mol. The van der Waals surface area contributed by atoms with Crippen molar-refractivity contribution in [2.75, 3.05) is 10.6 Å². The Balaban J connectivity index is 1.65. The molecule has 3 nitrogen and oxygen atoms in total. The van der Waals surface area contributed by atoms with Gasteiger partial charge in [0.25, 0.3) is 0 Å². The standard InChI is InChI=1S/C19H14Cl2N2OS/c20-17-10-9-14(12-18(17)21)23-19(25)22-13-5-4-8-16(11-13)24-15-6-2-1-3-7-15/h1-12H,(H2,22,23,25). The van der Waals surface area contributed by atoms with E-state index in [1.165, 1.54) is 0 Å². The monoisotopic (exact) mass is 388 g/mol. The molecule has 0 aliphatic carbocycles. The van der Waals surface area contributed by atoms with Crippen molar-refractivity contribution in [1.29, 1.82) is 0 Å². The molecule has 0 bridgehead atoms. The molecule has 0 heterocycles. The van der Waals surface area contributed by atoms with E-state index < -0.39 is 0 Å². The fourth-order valence-electron chi connectivity index (χ4n) is 2.13. The number of ether oxygens (including phenoxy) is 1. The molecule has 126 valence electrons. The van der Waals surface area contributed by atoms with Gasteiger partial charge in [-0.1, -0.05) is 47.5 Å². The summed E-state index contributed by atoms with van der Waals surface area (Å²) in [7, 11) is 0. The van der Waals surface area contributed by atoms with Crippen LogP contribution in [0, 0.1) is 0 Å². The summed E-state index contributed by atoms with van der Waals surface area (Å²) in [6, 6.07) is 22.4. The van der Waals surface area contributed by atoms with E-state index in [1.807, 2.05) is 54.6 Å². The van der Waals surface area contributed by atoms with E-state index in [0.29, 0.717) is 20.9 Å². The molecule has 6 heteroatoms. The molecule has 0 radical (unpaired) electrons. The first kappa shape index (κ1) is 17.5. The predicted molar refractivity (Wildman–Crippen MR) is 109 cm³/mol. The van der Waals surface area contributed by atoms with Crippen molar-refractivity contribution in [2.24, 2.45) is 0 Å². The zero-order chi connectivity index (χ0) is 17.6. The summed E-state index contributed by atoms with van der Waals surface area (Å²) < 4.78 is 5.81. The number of rotatable bonds is 4. The molecule has 0 spiro atoms. The fourth-order valence-corrected chi connectivity index (χ4v) is 2.66. The van der Waals surface area contributed by atoms with Crippen LogP contribution in [0.2, 0.25) is 10.0 Å². The lowest BCUT2D eigenvalue weighted by atomic mass is 10.3. The van der Waals surface area contributed by atoms with Crippen LogP contribution < -0.4 is 15.4 Å². The van der Waals surface area contributed by atoms with Crippen LogP contribution >= 0.6 is 35.4 Å². The highest BCUT2D eigenvalue weighted by Gasteiger charge is 2.04. The number of halogens is 2. The van der Waals surface area contributed by atoms with Crippen molar-refractivity contribution in [3.8, 4) is 11.5 Å². The van der Waals surface area contributed by atoms with Crippen LogP contribution in [0.5, 0.6) is 11.5 Å². The van der Waals surface area contributed by atoms with Gasteiger partial charge in [0.1, 0.15) is 11.5 Å². The molecule has 0 atom stereocenters. The smallest absolute Gasteiger partial charge is 0.175 e. The molecule has 0 aromatic heterocycles. The van der Waals surface area contributed by atoms with Crippen LogP contribution in [0.25, 0.3) is 0 Å². The average molecular weight is 389 g/mol. The molecule has 3 aromatic carbocycles. The van der Waals surface area contributed by atoms with Gasteiger partial charge in [-0.2, -0.15) is 0 Å². The first-order chi connectivity index (χ1) is 12.1. The lowest BCUT2D eigenvalue weighted by molar-refractivity contribution is 0.483. The molecule has 0 aliphatic rings. The summed E-state index contributed by atoms with van der Waals surface area (Å²) in [4.78, 5) is 0. The summed E-state index contributed by atoms with van der Waals surface area (Å²) in [5, 5.41) is 7.58. The summed E-state index contributed by atoms with van der Waals surface area (Å²) in [5.74, 6) is 1.49. The maximum absolute atomic E-state index is 6.00. The van der Waals surface area contributed by atoms with Crippen LogP contribution in [0.4, 0.5) is 11.4 Å². The maximum atomic E-state index is 6.00. The minimum Gasteiger partial charge on any atom is -0.457 e. The molecule has 2 N–H and O–H groups in total. The normalized spacial score (nSPS) is 10.2. The van der Waals surface area contributed by atoms with Gasteiger partial charge in [0.2, 0.25) is 0 Å². The van der Waals surface area contributed by atoms with Crippen molar-refractivity contribution < 1.29 is 4.74 Å². The number of hydrogen-bond acceptors (Lipinski definition) is 2. The van der Waals surface area contributed by atoms with E-state index in [9.17, 15) is 0 Å². The zero-order valence-corrected chi connectivity index (χ0v) is 15.3. The van der Waals surface area contributed by atoms with Gasteiger partial charge in [0, 0.05) is 17.4 Å². The van der Waals surface area contributed by atoms with E-state index >= 15 is 0 Å². The minimum absolute atomic E-state index is 0.440. The molecule has 0 fully saturated rings. The van der Waals surface area contributed by atoms with E-state index in [-0.39, 0.29) is 0 Å². The second kappa shape index (κ2) is 8.21. The Morgan fingerprint density at radius 1 is 0.720 bits per heavy atom. The van der Waals surface area contributed by atoms with Gasteiger partial charge in [-0.15, -0.1) is 0 Å². The second-order valence-corrected chi connectivity index (χ2v) is 6.37. The van der Waals surface area contributed by atoms with E-state index in [4.69, 9.17) is 40.2 Å². The lowest BCUT2D eigenvalue weighted by Crippen LogP contribution is -2.18. The van der Waals surface area contributed by atoms with Crippen molar-refractivity contribution >= 4 is 51.9 Å². The maximum Gasteiger partial charge on any atom is 0.175 e. The van der Waals surface area contributed by atoms with Crippen molar-refractivity contribution in [3.63, 3.8) is 0 Å². The lowest BCUT2D eigenvalue weighted by Gasteiger charge is -2.12. The Bertz CT molecular complexity index is 888. The fraction of sp³-hybridized carbons (Fsp3) is 0. The van der Waals surface area contributed by atoms with Crippen LogP contribution in [0.1, 0.15) is 0 Å². The SMILES string of the molecule is S=C(Nc1cccc(Oc2ccccc2)c1)Nc1ccc(Cl)c(Cl)c1. The molecule has 0 aliphatic heterocycles. The molecule has 0 saturated heterocycles. The minimum atomic E-state index is 0.440. The molecule has 3 rings (SSSR count). The Hall–Kier alpha value is -2.27.